The van der Waals surface area contributed by atoms with Crippen molar-refractivity contribution in [2.75, 3.05) is 0 Å². The molecule has 4 heteroatoms. The van der Waals surface area contributed by atoms with Gasteiger partial charge >= 0.3 is 0 Å². The van der Waals surface area contributed by atoms with E-state index < -0.39 is 0 Å². The molecule has 2 rings (SSSR count). The van der Waals surface area contributed by atoms with Gasteiger partial charge in [0.25, 0.3) is 0 Å². The third kappa shape index (κ3) is 3.77. The van der Waals surface area contributed by atoms with Gasteiger partial charge in [-0.15, -0.1) is 11.3 Å². The van der Waals surface area contributed by atoms with Crippen molar-refractivity contribution < 1.29 is 4.79 Å². The molecule has 102 valence electrons. The van der Waals surface area contributed by atoms with E-state index in [4.69, 9.17) is 0 Å². The van der Waals surface area contributed by atoms with Crippen LogP contribution in [0.2, 0.25) is 0 Å². The fourth-order valence-electron chi connectivity index (χ4n) is 1.74. The lowest BCUT2D eigenvalue weighted by atomic mass is 10.1. The molecule has 1 amide bonds. The van der Waals surface area contributed by atoms with E-state index in [0.717, 1.165) is 16.9 Å². The molecule has 2 aromatic rings. The topological polar surface area (TPSA) is 42.0 Å². The molecule has 1 aromatic heterocycles. The molecule has 0 fully saturated rings. The Bertz CT molecular complexity index is 529. The molecule has 0 bridgehead atoms. The molecule has 1 N–H and O–H groups in total. The molecule has 19 heavy (non-hydrogen) atoms. The molecule has 0 saturated heterocycles. The van der Waals surface area contributed by atoms with Gasteiger partial charge in [0.05, 0.1) is 15.2 Å². The Hall–Kier alpha value is -1.42. The van der Waals surface area contributed by atoms with E-state index in [9.17, 15) is 4.79 Å². The summed E-state index contributed by atoms with van der Waals surface area (Å²) >= 11 is 1.67. The molecule has 0 radical (unpaired) electrons. The number of thiazole rings is 1. The van der Waals surface area contributed by atoms with E-state index in [1.165, 1.54) is 4.70 Å². The summed E-state index contributed by atoms with van der Waals surface area (Å²) < 4.78 is 1.19. The number of para-hydroxylation sites is 1. The third-order valence-electron chi connectivity index (χ3n) is 3.29. The van der Waals surface area contributed by atoms with E-state index in [1.54, 1.807) is 11.3 Å². The normalized spacial score (nSPS) is 12.8. The summed E-state index contributed by atoms with van der Waals surface area (Å²) in [6.07, 6.45) is 1.23. The lowest BCUT2D eigenvalue weighted by molar-refractivity contribution is -0.121. The fraction of sp³-hybridized carbons (Fsp3) is 0.467. The highest BCUT2D eigenvalue weighted by Gasteiger charge is 2.11. The van der Waals surface area contributed by atoms with Crippen LogP contribution in [0.3, 0.4) is 0 Å². The number of aryl methyl sites for hydroxylation is 1. The van der Waals surface area contributed by atoms with Crippen molar-refractivity contribution in [1.82, 2.24) is 10.3 Å². The molecule has 0 saturated carbocycles. The Morgan fingerprint density at radius 3 is 2.74 bits per heavy atom. The van der Waals surface area contributed by atoms with Crippen LogP contribution >= 0.6 is 11.3 Å². The maximum Gasteiger partial charge on any atom is 0.220 e. The second-order valence-electron chi connectivity index (χ2n) is 5.18. The Balaban J connectivity index is 1.90. The monoisotopic (exact) mass is 276 g/mol. The van der Waals surface area contributed by atoms with E-state index >= 15 is 0 Å². The van der Waals surface area contributed by atoms with Gasteiger partial charge in [-0.2, -0.15) is 0 Å². The largest absolute Gasteiger partial charge is 0.353 e. The van der Waals surface area contributed by atoms with Gasteiger partial charge in [0.1, 0.15) is 0 Å². The fourth-order valence-corrected chi connectivity index (χ4v) is 2.71. The summed E-state index contributed by atoms with van der Waals surface area (Å²) in [6.45, 7) is 6.26. The quantitative estimate of drug-likeness (QED) is 0.909. The Morgan fingerprint density at radius 1 is 1.32 bits per heavy atom. The molecular weight excluding hydrogens is 256 g/mol. The molecule has 1 unspecified atom stereocenters. The lowest BCUT2D eigenvalue weighted by Crippen LogP contribution is -2.36. The standard InChI is InChI=1S/C15H20N2OS/c1-10(2)11(3)16-14(18)8-9-15-17-12-6-4-5-7-13(12)19-15/h4-7,10-11H,8-9H2,1-3H3,(H,16,18). The average Bonchev–Trinajstić information content (AvgIpc) is 2.78. The number of rotatable bonds is 5. The zero-order valence-electron chi connectivity index (χ0n) is 11.6. The second kappa shape index (κ2) is 6.15. The number of aromatic nitrogens is 1. The summed E-state index contributed by atoms with van der Waals surface area (Å²) in [5.41, 5.74) is 1.03. The number of benzene rings is 1. The van der Waals surface area contributed by atoms with Crippen LogP contribution in [0, 0.1) is 5.92 Å². The zero-order chi connectivity index (χ0) is 13.8. The van der Waals surface area contributed by atoms with Gasteiger partial charge < -0.3 is 5.32 Å². The van der Waals surface area contributed by atoms with Gasteiger partial charge in [0, 0.05) is 18.9 Å². The third-order valence-corrected chi connectivity index (χ3v) is 4.39. The summed E-state index contributed by atoms with van der Waals surface area (Å²) in [6, 6.07) is 8.31. The molecule has 1 heterocycles. The van der Waals surface area contributed by atoms with E-state index in [0.29, 0.717) is 12.3 Å². The van der Waals surface area contributed by atoms with Crippen molar-refractivity contribution >= 4 is 27.5 Å². The first kappa shape index (κ1) is 14.0. The first-order valence-electron chi connectivity index (χ1n) is 6.70. The highest BCUT2D eigenvalue weighted by atomic mass is 32.1. The summed E-state index contributed by atoms with van der Waals surface area (Å²) in [5.74, 6) is 0.576. The Morgan fingerprint density at radius 2 is 2.05 bits per heavy atom. The van der Waals surface area contributed by atoms with Crippen LogP contribution in [0.5, 0.6) is 0 Å². The first-order chi connectivity index (χ1) is 9.06. The molecule has 0 aliphatic heterocycles. The maximum atomic E-state index is 11.8. The van der Waals surface area contributed by atoms with Crippen molar-refractivity contribution in [3.63, 3.8) is 0 Å². The van der Waals surface area contributed by atoms with Crippen molar-refractivity contribution in [3.05, 3.63) is 29.3 Å². The zero-order valence-corrected chi connectivity index (χ0v) is 12.5. The number of amides is 1. The smallest absolute Gasteiger partial charge is 0.220 e. The van der Waals surface area contributed by atoms with E-state index in [2.05, 4.69) is 30.2 Å². The van der Waals surface area contributed by atoms with Gasteiger partial charge in [-0.3, -0.25) is 4.79 Å². The summed E-state index contributed by atoms with van der Waals surface area (Å²) in [5, 5.41) is 4.06. The summed E-state index contributed by atoms with van der Waals surface area (Å²) in [4.78, 5) is 16.3. The van der Waals surface area contributed by atoms with Gasteiger partial charge in [-0.25, -0.2) is 4.98 Å². The van der Waals surface area contributed by atoms with Crippen molar-refractivity contribution in [3.8, 4) is 0 Å². The number of fused-ring (bicyclic) bond motifs is 1. The summed E-state index contributed by atoms with van der Waals surface area (Å²) in [7, 11) is 0. The number of carbonyl (C=O) groups excluding carboxylic acids is 1. The minimum atomic E-state index is 0.112. The molecular formula is C15H20N2OS. The number of nitrogens with zero attached hydrogens (tertiary/aromatic N) is 1. The first-order valence-corrected chi connectivity index (χ1v) is 7.51. The van der Waals surface area contributed by atoms with Gasteiger partial charge in [0.2, 0.25) is 5.91 Å². The van der Waals surface area contributed by atoms with Gasteiger partial charge in [0.15, 0.2) is 0 Å². The number of hydrogen-bond acceptors (Lipinski definition) is 3. The van der Waals surface area contributed by atoms with Crippen LogP contribution < -0.4 is 5.32 Å². The molecule has 1 atom stereocenters. The van der Waals surface area contributed by atoms with Crippen molar-refractivity contribution in [2.45, 2.75) is 39.7 Å². The van der Waals surface area contributed by atoms with E-state index in [1.807, 2.05) is 25.1 Å². The predicted molar refractivity (Wildman–Crippen MR) is 80.4 cm³/mol. The minimum Gasteiger partial charge on any atom is -0.353 e. The van der Waals surface area contributed by atoms with Crippen LogP contribution in [0.25, 0.3) is 10.2 Å². The maximum absolute atomic E-state index is 11.8. The van der Waals surface area contributed by atoms with E-state index in [-0.39, 0.29) is 11.9 Å². The molecule has 1 aromatic carbocycles. The van der Waals surface area contributed by atoms with Crippen LogP contribution in [0.15, 0.2) is 24.3 Å². The highest BCUT2D eigenvalue weighted by Crippen LogP contribution is 2.22. The van der Waals surface area contributed by atoms with Crippen LogP contribution in [0.4, 0.5) is 0 Å². The molecule has 0 aliphatic carbocycles. The number of nitrogens with one attached hydrogen (secondary N) is 1. The highest BCUT2D eigenvalue weighted by molar-refractivity contribution is 7.18. The Kier molecular flexibility index (Phi) is 4.53. The number of hydrogen-bond donors (Lipinski definition) is 1. The average molecular weight is 276 g/mol. The van der Waals surface area contributed by atoms with Crippen molar-refractivity contribution in [2.24, 2.45) is 5.92 Å². The number of carbonyl (C=O) groups is 1. The van der Waals surface area contributed by atoms with Crippen molar-refractivity contribution in [1.29, 1.82) is 0 Å². The minimum absolute atomic E-state index is 0.112. The van der Waals surface area contributed by atoms with Crippen LogP contribution in [-0.4, -0.2) is 16.9 Å². The Labute approximate surface area is 118 Å². The van der Waals surface area contributed by atoms with Crippen LogP contribution in [0.1, 0.15) is 32.2 Å². The SMILES string of the molecule is CC(C)C(C)NC(=O)CCc1nc2ccccc2s1. The van der Waals surface area contributed by atoms with Crippen LogP contribution in [-0.2, 0) is 11.2 Å². The predicted octanol–water partition coefficient (Wildman–Crippen LogP) is 3.39. The van der Waals surface area contributed by atoms with Gasteiger partial charge in [-0.05, 0) is 25.0 Å². The van der Waals surface area contributed by atoms with Gasteiger partial charge in [-0.1, -0.05) is 26.0 Å². The molecule has 0 spiro atoms. The molecule has 3 nitrogen and oxygen atoms in total. The molecule has 0 aliphatic rings. The second-order valence-corrected chi connectivity index (χ2v) is 6.29. The lowest BCUT2D eigenvalue weighted by Gasteiger charge is -2.17.